The molecule has 2 aliphatic rings. The van der Waals surface area contributed by atoms with Crippen LogP contribution >= 0.6 is 12.1 Å². The minimum absolute atomic E-state index is 0.314. The lowest BCUT2D eigenvalue weighted by Gasteiger charge is -2.36. The molecule has 2 fully saturated rings. The minimum Gasteiger partial charge on any atom is -0.493 e. The molecule has 8 rings (SSSR count). The van der Waals surface area contributed by atoms with Gasteiger partial charge in [0.1, 0.15) is 23.8 Å². The van der Waals surface area contributed by atoms with Crippen LogP contribution < -0.4 is 14.4 Å². The summed E-state index contributed by atoms with van der Waals surface area (Å²) in [7, 11) is 8.28. The summed E-state index contributed by atoms with van der Waals surface area (Å²) in [5, 5.41) is 19.1. The van der Waals surface area contributed by atoms with E-state index >= 15 is 0 Å². The molecule has 13 heteroatoms. The third-order valence-corrected chi connectivity index (χ3v) is 12.8. The van der Waals surface area contributed by atoms with Crippen molar-refractivity contribution in [2.24, 2.45) is 7.05 Å². The number of aromatic nitrogens is 3. The molecule has 0 unspecified atom stereocenters. The van der Waals surface area contributed by atoms with E-state index in [-0.39, 0.29) is 0 Å². The lowest BCUT2D eigenvalue weighted by atomic mass is 9.98. The number of hydrogen-bond acceptors (Lipinski definition) is 10. The number of carboxylic acid groups (broad SMARTS) is 1. The molecular formula is C47H58N8O4S. The fourth-order valence-electron chi connectivity index (χ4n) is 8.85. The van der Waals surface area contributed by atoms with E-state index < -0.39 is 5.97 Å². The summed E-state index contributed by atoms with van der Waals surface area (Å²) in [6, 6.07) is 29.0. The molecule has 0 bridgehead atoms. The minimum atomic E-state index is -0.912. The second-order valence-electron chi connectivity index (χ2n) is 16.2. The van der Waals surface area contributed by atoms with Crippen molar-refractivity contribution in [3.8, 4) is 22.6 Å². The summed E-state index contributed by atoms with van der Waals surface area (Å²) >= 11 is 1.77. The van der Waals surface area contributed by atoms with E-state index in [0.717, 1.165) is 120 Å². The van der Waals surface area contributed by atoms with Gasteiger partial charge in [-0.25, -0.2) is 13.4 Å². The molecule has 316 valence electrons. The third kappa shape index (κ3) is 9.15. The summed E-state index contributed by atoms with van der Waals surface area (Å²) in [5.74, 6) is 0.722. The maximum Gasteiger partial charge on any atom is 0.352 e. The fourth-order valence-corrected chi connectivity index (χ4v) is 9.64. The Labute approximate surface area is 358 Å². The van der Waals surface area contributed by atoms with E-state index in [1.165, 1.54) is 5.69 Å². The van der Waals surface area contributed by atoms with Gasteiger partial charge < -0.3 is 28.9 Å². The van der Waals surface area contributed by atoms with Crippen LogP contribution in [0.4, 0.5) is 5.69 Å². The van der Waals surface area contributed by atoms with Crippen molar-refractivity contribution >= 4 is 45.5 Å². The Morgan fingerprint density at radius 1 is 0.817 bits per heavy atom. The fraction of sp³-hybridized carbons (Fsp3) is 0.404. The highest BCUT2D eigenvalue weighted by molar-refractivity contribution is 7.94. The number of rotatable bonds is 16. The Hall–Kier alpha value is -5.05. The molecule has 60 heavy (non-hydrogen) atoms. The number of nitrogens with zero attached hydrogens (tertiary/aromatic N) is 8. The molecule has 2 aromatic heterocycles. The van der Waals surface area contributed by atoms with Crippen LogP contribution in [0.15, 0.2) is 84.9 Å². The van der Waals surface area contributed by atoms with Gasteiger partial charge in [0.2, 0.25) is 0 Å². The lowest BCUT2D eigenvalue weighted by Crippen LogP contribution is -2.45. The Kier molecular flexibility index (Phi) is 13.0. The van der Waals surface area contributed by atoms with Crippen molar-refractivity contribution in [2.45, 2.75) is 32.9 Å². The first-order valence-electron chi connectivity index (χ1n) is 21.1. The number of fused-ring (bicyclic) bond motifs is 2. The largest absolute Gasteiger partial charge is 0.493 e. The average molecular weight is 831 g/mol. The van der Waals surface area contributed by atoms with Crippen molar-refractivity contribution in [3.05, 3.63) is 108 Å². The van der Waals surface area contributed by atoms with E-state index in [1.54, 1.807) is 12.1 Å². The number of carbonyl (C=O) groups is 1. The van der Waals surface area contributed by atoms with Crippen LogP contribution in [-0.4, -0.2) is 130 Å². The smallest absolute Gasteiger partial charge is 0.352 e. The summed E-state index contributed by atoms with van der Waals surface area (Å²) in [6.07, 6.45) is 1.23. The lowest BCUT2D eigenvalue weighted by molar-refractivity contribution is 0.0682. The summed E-state index contributed by atoms with van der Waals surface area (Å²) in [4.78, 5) is 20.6. The van der Waals surface area contributed by atoms with Gasteiger partial charge in [-0.1, -0.05) is 54.6 Å². The molecule has 6 aromatic rings. The number of ether oxygens (including phenoxy) is 2. The normalized spacial score (nSPS) is 15.7. The van der Waals surface area contributed by atoms with Gasteiger partial charge in [0.25, 0.3) is 0 Å². The molecule has 2 saturated heterocycles. The van der Waals surface area contributed by atoms with Crippen molar-refractivity contribution in [3.63, 3.8) is 0 Å². The monoisotopic (exact) mass is 830 g/mol. The zero-order valence-corrected chi connectivity index (χ0v) is 36.5. The molecule has 2 aliphatic heterocycles. The van der Waals surface area contributed by atoms with Crippen molar-refractivity contribution < 1.29 is 19.4 Å². The first-order chi connectivity index (χ1) is 29.1. The molecule has 0 amide bonds. The van der Waals surface area contributed by atoms with Crippen LogP contribution in [0.3, 0.4) is 0 Å². The van der Waals surface area contributed by atoms with Crippen molar-refractivity contribution in [1.29, 1.82) is 0 Å². The highest BCUT2D eigenvalue weighted by atomic mass is 32.2. The van der Waals surface area contributed by atoms with E-state index in [9.17, 15) is 9.90 Å². The van der Waals surface area contributed by atoms with Gasteiger partial charge in [-0.05, 0) is 82.2 Å². The predicted octanol–water partition coefficient (Wildman–Crippen LogP) is 7.29. The number of para-hydroxylation sites is 1. The number of likely N-dealkylation sites (N-methyl/N-ethyl adjacent to an activating group) is 1. The van der Waals surface area contributed by atoms with Crippen molar-refractivity contribution in [1.82, 2.24) is 32.8 Å². The summed E-state index contributed by atoms with van der Waals surface area (Å²) in [5.41, 5.74) is 7.09. The highest BCUT2D eigenvalue weighted by Crippen LogP contribution is 2.39. The molecule has 0 saturated carbocycles. The Morgan fingerprint density at radius 3 is 2.28 bits per heavy atom. The van der Waals surface area contributed by atoms with Crippen LogP contribution in [0.5, 0.6) is 11.5 Å². The van der Waals surface area contributed by atoms with Crippen LogP contribution in [0.1, 0.15) is 33.9 Å². The zero-order valence-electron chi connectivity index (χ0n) is 35.6. The highest BCUT2D eigenvalue weighted by Gasteiger charge is 2.28. The number of aryl methyl sites for hydroxylation is 3. The zero-order chi connectivity index (χ0) is 41.8. The van der Waals surface area contributed by atoms with Gasteiger partial charge in [0.05, 0.1) is 23.5 Å². The van der Waals surface area contributed by atoms with E-state index in [0.29, 0.717) is 38.3 Å². The standard InChI is InChI=1S/C47H58N8O4S/c1-34-44(42(51(5)48-34)33-59-37-20-18-36(19-21-37)53-27-29-54(30-28-53)60-49(2)3)41-15-9-14-39-40(16-10-32-58-43-17-8-12-35-11-6-7-13-38(35)43)46(47(56)57)55(45(39)41)31-26-52-24-22-50(4)23-25-52/h6-9,11-15,17-21H,10,16,22-33H2,1-5H3,(H,56,57). The molecular weight excluding hydrogens is 773 g/mol. The second-order valence-corrected chi connectivity index (χ2v) is 17.6. The van der Waals surface area contributed by atoms with Gasteiger partial charge in [-0.15, -0.1) is 0 Å². The van der Waals surface area contributed by atoms with E-state index in [2.05, 4.69) is 110 Å². The van der Waals surface area contributed by atoms with Crippen LogP contribution in [0.2, 0.25) is 0 Å². The molecule has 4 aromatic carbocycles. The maximum absolute atomic E-state index is 13.4. The van der Waals surface area contributed by atoms with E-state index in [4.69, 9.17) is 14.6 Å². The molecule has 0 spiro atoms. The van der Waals surface area contributed by atoms with Gasteiger partial charge in [0.15, 0.2) is 0 Å². The van der Waals surface area contributed by atoms with Crippen LogP contribution in [0.25, 0.3) is 32.8 Å². The predicted molar refractivity (Wildman–Crippen MR) is 243 cm³/mol. The molecule has 1 N–H and O–H groups in total. The summed E-state index contributed by atoms with van der Waals surface area (Å²) < 4.78 is 21.4. The van der Waals surface area contributed by atoms with Crippen molar-refractivity contribution in [2.75, 3.05) is 91.6 Å². The molecule has 0 atom stereocenters. The SMILES string of the molecule is Cc1nn(C)c(COc2ccc(N3CCN(SN(C)C)CC3)cc2)c1-c1cccc2c(CCCOc3cccc4ccccc34)c(C(=O)O)n(CCN3CCN(C)CC3)c12. The number of carboxylic acids is 1. The number of anilines is 1. The average Bonchev–Trinajstić information content (AvgIpc) is 3.73. The molecule has 12 nitrogen and oxygen atoms in total. The van der Waals surface area contributed by atoms with Gasteiger partial charge >= 0.3 is 5.97 Å². The van der Waals surface area contributed by atoms with Gasteiger partial charge in [-0.2, -0.15) is 5.10 Å². The van der Waals surface area contributed by atoms with Crippen LogP contribution in [0, 0.1) is 6.92 Å². The first kappa shape index (κ1) is 41.7. The first-order valence-corrected chi connectivity index (χ1v) is 21.9. The quantitative estimate of drug-likeness (QED) is 0.0788. The van der Waals surface area contributed by atoms with Gasteiger partial charge in [0, 0.05) is 112 Å². The summed E-state index contributed by atoms with van der Waals surface area (Å²) in [6.45, 7) is 12.0. The second kappa shape index (κ2) is 18.7. The van der Waals surface area contributed by atoms with Crippen LogP contribution in [-0.2, 0) is 26.6 Å². The number of benzene rings is 4. The number of piperazine rings is 2. The Bertz CT molecular complexity index is 2410. The molecule has 4 heterocycles. The third-order valence-electron chi connectivity index (χ3n) is 11.9. The number of hydrogen-bond donors (Lipinski definition) is 1. The maximum atomic E-state index is 13.4. The molecule has 0 radical (unpaired) electrons. The van der Waals surface area contributed by atoms with Gasteiger partial charge in [-0.3, -0.25) is 9.58 Å². The Balaban J connectivity index is 1.07. The number of aromatic carboxylic acids is 1. The Morgan fingerprint density at radius 2 is 1.53 bits per heavy atom. The van der Waals surface area contributed by atoms with E-state index in [1.807, 2.05) is 42.9 Å². The topological polar surface area (TPSA) is 94.7 Å². The molecule has 0 aliphatic carbocycles.